The Bertz CT molecular complexity index is 983. The second-order valence-electron chi connectivity index (χ2n) is 7.37. The molecule has 3 atom stereocenters. The highest BCUT2D eigenvalue weighted by molar-refractivity contribution is 5.80. The molecule has 0 saturated carbocycles. The summed E-state index contributed by atoms with van der Waals surface area (Å²) in [5.41, 5.74) is 9.81. The van der Waals surface area contributed by atoms with Gasteiger partial charge in [-0.3, -0.25) is 4.79 Å². The highest BCUT2D eigenvalue weighted by Gasteiger charge is 2.48. The minimum atomic E-state index is -1.10. The van der Waals surface area contributed by atoms with Crippen molar-refractivity contribution in [1.82, 2.24) is 0 Å². The Hall–Kier alpha value is -3.17. The van der Waals surface area contributed by atoms with E-state index in [2.05, 4.69) is 12.1 Å². The predicted molar refractivity (Wildman–Crippen MR) is 112 cm³/mol. The summed E-state index contributed by atoms with van der Waals surface area (Å²) >= 11 is 0. The summed E-state index contributed by atoms with van der Waals surface area (Å²) in [5, 5.41) is 10.2. The van der Waals surface area contributed by atoms with Gasteiger partial charge in [-0.1, -0.05) is 97.1 Å². The number of rotatable bonds is 4. The van der Waals surface area contributed by atoms with Crippen LogP contribution in [-0.4, -0.2) is 11.1 Å². The molecule has 3 heteroatoms. The van der Waals surface area contributed by atoms with Gasteiger partial charge in [0.15, 0.2) is 0 Å². The maximum Gasteiger partial charge on any atom is 0.309 e. The van der Waals surface area contributed by atoms with E-state index in [0.29, 0.717) is 6.42 Å². The molecule has 0 radical (unpaired) electrons. The monoisotopic (exact) mass is 369 g/mol. The molecule has 3 aromatic rings. The van der Waals surface area contributed by atoms with E-state index in [0.717, 1.165) is 22.3 Å². The van der Waals surface area contributed by atoms with Gasteiger partial charge in [-0.05, 0) is 28.7 Å². The van der Waals surface area contributed by atoms with Crippen molar-refractivity contribution in [2.24, 2.45) is 11.7 Å². The summed E-state index contributed by atoms with van der Waals surface area (Å²) in [6, 6.07) is 29.5. The molecule has 3 nitrogen and oxygen atoms in total. The lowest BCUT2D eigenvalue weighted by molar-refractivity contribution is -0.144. The Labute approximate surface area is 165 Å². The third kappa shape index (κ3) is 3.25. The SMILES string of the molecule is N[C@@]1(c2ccccc2)C=C(c2ccccc2)C[C@H](c2ccccc2)[C@H]1C(=O)O. The first-order chi connectivity index (χ1) is 13.6. The lowest BCUT2D eigenvalue weighted by atomic mass is 9.63. The van der Waals surface area contributed by atoms with Crippen molar-refractivity contribution < 1.29 is 9.90 Å². The molecule has 3 aromatic carbocycles. The topological polar surface area (TPSA) is 63.3 Å². The van der Waals surface area contributed by atoms with Gasteiger partial charge < -0.3 is 10.8 Å². The number of allylic oxidation sites excluding steroid dienone is 1. The van der Waals surface area contributed by atoms with Gasteiger partial charge in [-0.25, -0.2) is 0 Å². The number of hydrogen-bond acceptors (Lipinski definition) is 2. The minimum Gasteiger partial charge on any atom is -0.481 e. The van der Waals surface area contributed by atoms with Crippen LogP contribution in [0, 0.1) is 5.92 Å². The fraction of sp³-hybridized carbons (Fsp3) is 0.160. The van der Waals surface area contributed by atoms with Gasteiger partial charge in [-0.2, -0.15) is 0 Å². The van der Waals surface area contributed by atoms with Crippen LogP contribution in [0.25, 0.3) is 5.57 Å². The molecule has 0 unspecified atom stereocenters. The summed E-state index contributed by atoms with van der Waals surface area (Å²) in [7, 11) is 0. The van der Waals surface area contributed by atoms with Crippen molar-refractivity contribution >= 4 is 11.5 Å². The molecule has 0 aromatic heterocycles. The van der Waals surface area contributed by atoms with E-state index >= 15 is 0 Å². The number of hydrogen-bond donors (Lipinski definition) is 2. The van der Waals surface area contributed by atoms with E-state index < -0.39 is 17.4 Å². The van der Waals surface area contributed by atoms with Gasteiger partial charge in [-0.15, -0.1) is 0 Å². The smallest absolute Gasteiger partial charge is 0.309 e. The van der Waals surface area contributed by atoms with Crippen LogP contribution in [0.5, 0.6) is 0 Å². The van der Waals surface area contributed by atoms with Gasteiger partial charge in [0.25, 0.3) is 0 Å². The average molecular weight is 369 g/mol. The van der Waals surface area contributed by atoms with Crippen LogP contribution < -0.4 is 5.73 Å². The van der Waals surface area contributed by atoms with Crippen molar-refractivity contribution in [1.29, 1.82) is 0 Å². The summed E-state index contributed by atoms with van der Waals surface area (Å²) in [6.45, 7) is 0. The largest absolute Gasteiger partial charge is 0.481 e. The van der Waals surface area contributed by atoms with E-state index in [1.165, 1.54) is 0 Å². The van der Waals surface area contributed by atoms with E-state index in [-0.39, 0.29) is 5.92 Å². The number of nitrogens with two attached hydrogens (primary N) is 1. The Morgan fingerprint density at radius 3 is 1.96 bits per heavy atom. The van der Waals surface area contributed by atoms with Gasteiger partial charge in [0, 0.05) is 5.92 Å². The van der Waals surface area contributed by atoms with Crippen LogP contribution in [0.4, 0.5) is 0 Å². The Kier molecular flexibility index (Phi) is 4.84. The molecule has 1 aliphatic rings. The lowest BCUT2D eigenvalue weighted by Crippen LogP contribution is -2.51. The first kappa shape index (κ1) is 18.2. The molecule has 0 bridgehead atoms. The van der Waals surface area contributed by atoms with Crippen molar-refractivity contribution in [3.05, 3.63) is 114 Å². The Balaban J connectivity index is 1.93. The van der Waals surface area contributed by atoms with Crippen molar-refractivity contribution in [2.75, 3.05) is 0 Å². The Morgan fingerprint density at radius 1 is 0.857 bits per heavy atom. The second-order valence-corrected chi connectivity index (χ2v) is 7.37. The van der Waals surface area contributed by atoms with E-state index in [9.17, 15) is 9.90 Å². The van der Waals surface area contributed by atoms with Crippen LogP contribution in [0.2, 0.25) is 0 Å². The first-order valence-electron chi connectivity index (χ1n) is 9.49. The third-order valence-corrected chi connectivity index (χ3v) is 5.68. The van der Waals surface area contributed by atoms with Crippen LogP contribution in [0.3, 0.4) is 0 Å². The van der Waals surface area contributed by atoms with Crippen LogP contribution in [-0.2, 0) is 10.3 Å². The molecule has 1 aliphatic carbocycles. The highest BCUT2D eigenvalue weighted by atomic mass is 16.4. The van der Waals surface area contributed by atoms with Crippen molar-refractivity contribution in [2.45, 2.75) is 17.9 Å². The fourth-order valence-corrected chi connectivity index (χ4v) is 4.35. The maximum atomic E-state index is 12.5. The summed E-state index contributed by atoms with van der Waals surface area (Å²) in [4.78, 5) is 12.5. The molecule has 0 amide bonds. The van der Waals surface area contributed by atoms with Crippen LogP contribution in [0.1, 0.15) is 29.0 Å². The average Bonchev–Trinajstić information content (AvgIpc) is 2.75. The zero-order valence-electron chi connectivity index (χ0n) is 15.5. The zero-order chi connectivity index (χ0) is 19.6. The molecule has 0 spiro atoms. The van der Waals surface area contributed by atoms with Gasteiger partial charge >= 0.3 is 5.97 Å². The third-order valence-electron chi connectivity index (χ3n) is 5.68. The summed E-state index contributed by atoms with van der Waals surface area (Å²) in [5.74, 6) is -1.85. The Morgan fingerprint density at radius 2 is 1.39 bits per heavy atom. The first-order valence-corrected chi connectivity index (χ1v) is 9.49. The number of carbonyl (C=O) groups is 1. The molecule has 0 saturated heterocycles. The van der Waals surface area contributed by atoms with Crippen molar-refractivity contribution in [3.8, 4) is 0 Å². The predicted octanol–water partition coefficient (Wildman–Crippen LogP) is 4.81. The second kappa shape index (κ2) is 7.45. The van der Waals surface area contributed by atoms with Crippen molar-refractivity contribution in [3.63, 3.8) is 0 Å². The minimum absolute atomic E-state index is 0.218. The number of carboxylic acid groups (broad SMARTS) is 1. The lowest BCUT2D eigenvalue weighted by Gasteiger charge is -2.43. The molecule has 4 rings (SSSR count). The molecule has 28 heavy (non-hydrogen) atoms. The zero-order valence-corrected chi connectivity index (χ0v) is 15.5. The highest BCUT2D eigenvalue weighted by Crippen LogP contribution is 2.48. The van der Waals surface area contributed by atoms with Gasteiger partial charge in [0.05, 0.1) is 11.5 Å². The molecule has 140 valence electrons. The van der Waals surface area contributed by atoms with E-state index in [1.807, 2.05) is 84.9 Å². The summed E-state index contributed by atoms with van der Waals surface area (Å²) < 4.78 is 0. The molecule has 0 heterocycles. The summed E-state index contributed by atoms with van der Waals surface area (Å²) in [6.07, 6.45) is 2.60. The standard InChI is InChI=1S/C25H23NO2/c26-25(21-14-8-3-9-15-21)17-20(18-10-4-1-5-11-18)16-22(23(25)24(27)28)19-12-6-2-7-13-19/h1-15,17,22-23H,16,26H2,(H,27,28)/t22-,23+,25-/m1/s1. The molecular weight excluding hydrogens is 346 g/mol. The number of benzene rings is 3. The van der Waals surface area contributed by atoms with E-state index in [1.54, 1.807) is 0 Å². The van der Waals surface area contributed by atoms with Crippen LogP contribution in [0.15, 0.2) is 97.1 Å². The van der Waals surface area contributed by atoms with Gasteiger partial charge in [0.1, 0.15) is 0 Å². The van der Waals surface area contributed by atoms with Crippen LogP contribution >= 0.6 is 0 Å². The number of aliphatic carboxylic acids is 1. The molecule has 0 fully saturated rings. The molecule has 3 N–H and O–H groups in total. The number of carboxylic acids is 1. The normalized spacial score (nSPS) is 24.4. The van der Waals surface area contributed by atoms with Gasteiger partial charge in [0.2, 0.25) is 0 Å². The maximum absolute atomic E-state index is 12.5. The fourth-order valence-electron chi connectivity index (χ4n) is 4.35. The molecule has 0 aliphatic heterocycles. The molecular formula is C25H23NO2. The quantitative estimate of drug-likeness (QED) is 0.693. The van der Waals surface area contributed by atoms with E-state index in [4.69, 9.17) is 5.73 Å².